The number of carbonyl (C=O) groups is 2. The van der Waals surface area contributed by atoms with E-state index >= 15 is 0 Å². The summed E-state index contributed by atoms with van der Waals surface area (Å²) in [5, 5.41) is 0.663. The van der Waals surface area contributed by atoms with Crippen LogP contribution in [0.15, 0.2) is 18.2 Å². The van der Waals surface area contributed by atoms with Crippen molar-refractivity contribution >= 4 is 23.4 Å². The van der Waals surface area contributed by atoms with Crippen LogP contribution in [-0.4, -0.2) is 46.3 Å². The second-order valence-electron chi connectivity index (χ2n) is 7.39. The van der Waals surface area contributed by atoms with E-state index in [1.165, 1.54) is 0 Å². The summed E-state index contributed by atoms with van der Waals surface area (Å²) in [6, 6.07) is 5.80. The van der Waals surface area contributed by atoms with Crippen LogP contribution in [0, 0.1) is 6.92 Å². The van der Waals surface area contributed by atoms with Gasteiger partial charge in [-0.25, -0.2) is 0 Å². The van der Waals surface area contributed by atoms with E-state index in [1.807, 2.05) is 22.8 Å². The van der Waals surface area contributed by atoms with Crippen LogP contribution < -0.4 is 0 Å². The number of benzene rings is 1. The SMILES string of the molecule is Cc1cc(C(=O)N2CCCC23CCCN(C2CC2)C3=O)ccc1Cl. The molecule has 2 saturated heterocycles. The van der Waals surface area contributed by atoms with Crippen molar-refractivity contribution in [2.75, 3.05) is 13.1 Å². The predicted octanol–water partition coefficient (Wildman–Crippen LogP) is 3.41. The van der Waals surface area contributed by atoms with Gasteiger partial charge in [0.1, 0.15) is 5.54 Å². The molecule has 1 atom stereocenters. The van der Waals surface area contributed by atoms with E-state index in [0.717, 1.165) is 50.6 Å². The molecule has 0 N–H and O–H groups in total. The zero-order valence-electron chi connectivity index (χ0n) is 14.1. The normalized spacial score (nSPS) is 27.2. The standard InChI is InChI=1S/C19H23ClN2O2/c1-13-12-14(4-7-16(13)20)17(23)22-11-3-9-19(22)8-2-10-21(18(19)24)15-5-6-15/h4,7,12,15H,2-3,5-6,8-11H2,1H3. The van der Waals surface area contributed by atoms with Crippen LogP contribution in [0.5, 0.6) is 0 Å². The lowest BCUT2D eigenvalue weighted by molar-refractivity contribution is -0.146. The average molecular weight is 347 g/mol. The minimum Gasteiger partial charge on any atom is -0.338 e. The topological polar surface area (TPSA) is 40.6 Å². The fourth-order valence-corrected chi connectivity index (χ4v) is 4.46. The summed E-state index contributed by atoms with van der Waals surface area (Å²) in [7, 11) is 0. The molecule has 0 radical (unpaired) electrons. The second-order valence-corrected chi connectivity index (χ2v) is 7.80. The molecule has 128 valence electrons. The quantitative estimate of drug-likeness (QED) is 0.823. The number of piperidine rings is 1. The zero-order chi connectivity index (χ0) is 16.9. The largest absolute Gasteiger partial charge is 0.338 e. The van der Waals surface area contributed by atoms with Crippen LogP contribution in [0.3, 0.4) is 0 Å². The lowest BCUT2D eigenvalue weighted by Gasteiger charge is -2.44. The number of halogens is 1. The first-order chi connectivity index (χ1) is 11.5. The molecule has 0 bridgehead atoms. The molecule has 1 aliphatic carbocycles. The Bertz CT molecular complexity index is 701. The average Bonchev–Trinajstić information content (AvgIpc) is 3.33. The highest BCUT2D eigenvalue weighted by atomic mass is 35.5. The first kappa shape index (κ1) is 15.9. The van der Waals surface area contributed by atoms with E-state index < -0.39 is 5.54 Å². The third kappa shape index (κ3) is 2.43. The number of aryl methyl sites for hydroxylation is 1. The van der Waals surface area contributed by atoms with E-state index in [-0.39, 0.29) is 11.8 Å². The van der Waals surface area contributed by atoms with Gasteiger partial charge >= 0.3 is 0 Å². The summed E-state index contributed by atoms with van der Waals surface area (Å²) < 4.78 is 0. The molecule has 1 saturated carbocycles. The van der Waals surface area contributed by atoms with Crippen molar-refractivity contribution in [3.63, 3.8) is 0 Å². The van der Waals surface area contributed by atoms with Gasteiger partial charge in [-0.3, -0.25) is 9.59 Å². The lowest BCUT2D eigenvalue weighted by atomic mass is 9.85. The molecular weight excluding hydrogens is 324 g/mol. The van der Waals surface area contributed by atoms with Crippen LogP contribution in [-0.2, 0) is 4.79 Å². The van der Waals surface area contributed by atoms with E-state index in [1.54, 1.807) is 12.1 Å². The molecule has 5 heteroatoms. The van der Waals surface area contributed by atoms with Crippen LogP contribution in [0.1, 0.15) is 54.4 Å². The third-order valence-electron chi connectivity index (χ3n) is 5.77. The van der Waals surface area contributed by atoms with E-state index in [2.05, 4.69) is 0 Å². The van der Waals surface area contributed by atoms with E-state index in [9.17, 15) is 9.59 Å². The van der Waals surface area contributed by atoms with Gasteiger partial charge in [0, 0.05) is 29.7 Å². The number of hydrogen-bond donors (Lipinski definition) is 0. The molecule has 2 heterocycles. The number of rotatable bonds is 2. The number of nitrogens with zero attached hydrogens (tertiary/aromatic N) is 2. The molecule has 24 heavy (non-hydrogen) atoms. The van der Waals surface area contributed by atoms with Crippen LogP contribution in [0.25, 0.3) is 0 Å². The minimum absolute atomic E-state index is 0.0294. The lowest BCUT2D eigenvalue weighted by Crippen LogP contribution is -2.61. The van der Waals surface area contributed by atoms with Gasteiger partial charge in [0.15, 0.2) is 0 Å². The van der Waals surface area contributed by atoms with Gasteiger partial charge < -0.3 is 9.80 Å². The van der Waals surface area contributed by atoms with Crippen molar-refractivity contribution < 1.29 is 9.59 Å². The van der Waals surface area contributed by atoms with Gasteiger partial charge in [0.05, 0.1) is 0 Å². The summed E-state index contributed by atoms with van der Waals surface area (Å²) in [5.74, 6) is 0.158. The molecule has 1 unspecified atom stereocenters. The second kappa shape index (κ2) is 5.76. The van der Waals surface area contributed by atoms with Crippen molar-refractivity contribution in [1.82, 2.24) is 9.80 Å². The highest BCUT2D eigenvalue weighted by molar-refractivity contribution is 6.31. The molecule has 2 amide bonds. The third-order valence-corrected chi connectivity index (χ3v) is 6.20. The Morgan fingerprint density at radius 2 is 1.92 bits per heavy atom. The first-order valence-corrected chi connectivity index (χ1v) is 9.30. The van der Waals surface area contributed by atoms with Gasteiger partial charge in [-0.2, -0.15) is 0 Å². The Kier molecular flexibility index (Phi) is 3.83. The predicted molar refractivity (Wildman–Crippen MR) is 93.2 cm³/mol. The first-order valence-electron chi connectivity index (χ1n) is 8.92. The smallest absolute Gasteiger partial charge is 0.254 e. The Morgan fingerprint density at radius 3 is 2.58 bits per heavy atom. The van der Waals surface area contributed by atoms with Crippen molar-refractivity contribution in [3.05, 3.63) is 34.3 Å². The minimum atomic E-state index is -0.606. The van der Waals surface area contributed by atoms with E-state index in [0.29, 0.717) is 23.2 Å². The van der Waals surface area contributed by atoms with Crippen LogP contribution in [0.2, 0.25) is 5.02 Å². The maximum Gasteiger partial charge on any atom is 0.254 e. The summed E-state index contributed by atoms with van der Waals surface area (Å²) in [5.41, 5.74) is 0.922. The molecule has 1 aromatic carbocycles. The molecule has 1 spiro atoms. The monoisotopic (exact) mass is 346 g/mol. The van der Waals surface area contributed by atoms with Gasteiger partial charge in [0.2, 0.25) is 5.91 Å². The molecule has 4 nitrogen and oxygen atoms in total. The highest BCUT2D eigenvalue weighted by Crippen LogP contribution is 2.42. The van der Waals surface area contributed by atoms with Crippen molar-refractivity contribution in [3.8, 4) is 0 Å². The van der Waals surface area contributed by atoms with Gasteiger partial charge in [-0.05, 0) is 69.2 Å². The molecule has 3 fully saturated rings. The molecular formula is C19H23ClN2O2. The molecule has 1 aromatic rings. The maximum atomic E-state index is 13.2. The molecule has 3 aliphatic rings. The Balaban J connectivity index is 1.65. The van der Waals surface area contributed by atoms with Crippen molar-refractivity contribution in [2.24, 2.45) is 0 Å². The Labute approximate surface area is 147 Å². The number of hydrogen-bond acceptors (Lipinski definition) is 2. The molecule has 0 aromatic heterocycles. The van der Waals surface area contributed by atoms with Gasteiger partial charge in [-0.15, -0.1) is 0 Å². The fourth-order valence-electron chi connectivity index (χ4n) is 4.34. The summed E-state index contributed by atoms with van der Waals surface area (Å²) in [6.07, 6.45) is 5.73. The zero-order valence-corrected chi connectivity index (χ0v) is 14.8. The Morgan fingerprint density at radius 1 is 1.21 bits per heavy atom. The van der Waals surface area contributed by atoms with Crippen molar-refractivity contribution in [2.45, 2.75) is 57.0 Å². The van der Waals surface area contributed by atoms with Crippen molar-refractivity contribution in [1.29, 1.82) is 0 Å². The highest BCUT2D eigenvalue weighted by Gasteiger charge is 2.54. The van der Waals surface area contributed by atoms with Crippen LogP contribution >= 0.6 is 11.6 Å². The fraction of sp³-hybridized carbons (Fsp3) is 0.579. The number of likely N-dealkylation sites (tertiary alicyclic amines) is 2. The van der Waals surface area contributed by atoms with E-state index in [4.69, 9.17) is 11.6 Å². The number of carbonyl (C=O) groups excluding carboxylic acids is 2. The Hall–Kier alpha value is -1.55. The molecule has 4 rings (SSSR count). The van der Waals surface area contributed by atoms with Crippen LogP contribution in [0.4, 0.5) is 0 Å². The van der Waals surface area contributed by atoms with Gasteiger partial charge in [0.25, 0.3) is 5.91 Å². The summed E-state index contributed by atoms with van der Waals surface area (Å²) >= 11 is 6.09. The summed E-state index contributed by atoms with van der Waals surface area (Å²) in [4.78, 5) is 30.2. The maximum absolute atomic E-state index is 13.2. The summed E-state index contributed by atoms with van der Waals surface area (Å²) in [6.45, 7) is 3.43. The molecule has 2 aliphatic heterocycles. The number of amides is 2. The van der Waals surface area contributed by atoms with Gasteiger partial charge in [-0.1, -0.05) is 11.6 Å².